The van der Waals surface area contributed by atoms with Crippen LogP contribution in [0.4, 0.5) is 5.95 Å². The Labute approximate surface area is 148 Å². The number of anilines is 1. The zero-order valence-electron chi connectivity index (χ0n) is 14.5. The molecule has 0 aromatic carbocycles. The van der Waals surface area contributed by atoms with Crippen LogP contribution in [0.2, 0.25) is 0 Å². The van der Waals surface area contributed by atoms with Gasteiger partial charge in [0.15, 0.2) is 0 Å². The molecule has 25 heavy (non-hydrogen) atoms. The quantitative estimate of drug-likeness (QED) is 0.861. The number of hydrogen-bond donors (Lipinski definition) is 0. The second-order valence-electron chi connectivity index (χ2n) is 7.01. The summed E-state index contributed by atoms with van der Waals surface area (Å²) in [6.45, 7) is 3.05. The van der Waals surface area contributed by atoms with Crippen LogP contribution in [0, 0.1) is 0 Å². The monoisotopic (exact) mass is 339 g/mol. The first-order chi connectivity index (χ1) is 12.3. The Balaban J connectivity index is 1.49. The van der Waals surface area contributed by atoms with E-state index < -0.39 is 0 Å². The normalized spacial score (nSPS) is 20.5. The molecule has 6 heteroatoms. The average molecular weight is 339 g/mol. The van der Waals surface area contributed by atoms with Gasteiger partial charge >= 0.3 is 0 Å². The summed E-state index contributed by atoms with van der Waals surface area (Å²) in [5.74, 6) is 1.05. The molecular weight excluding hydrogens is 314 g/mol. The molecule has 0 radical (unpaired) electrons. The fraction of sp³-hybridized carbons (Fsp3) is 0.526. The minimum atomic E-state index is -0.382. The number of hydrogen-bond acceptors (Lipinski definition) is 4. The maximum atomic E-state index is 13.5. The van der Waals surface area contributed by atoms with Crippen molar-refractivity contribution in [3.63, 3.8) is 0 Å². The van der Waals surface area contributed by atoms with Crippen molar-refractivity contribution < 1.29 is 4.79 Å². The van der Waals surface area contributed by atoms with Crippen molar-refractivity contribution in [2.24, 2.45) is 0 Å². The Hall–Kier alpha value is -2.37. The lowest BCUT2D eigenvalue weighted by Crippen LogP contribution is -2.57. The largest absolute Gasteiger partial charge is 0.339 e. The molecule has 6 nitrogen and oxygen atoms in total. The Morgan fingerprint density at radius 1 is 0.880 bits per heavy atom. The Morgan fingerprint density at radius 2 is 1.52 bits per heavy atom. The molecule has 1 saturated heterocycles. The van der Waals surface area contributed by atoms with Crippen molar-refractivity contribution in [1.29, 1.82) is 0 Å². The molecule has 4 rings (SSSR count). The van der Waals surface area contributed by atoms with Crippen molar-refractivity contribution in [1.82, 2.24) is 19.4 Å². The highest BCUT2D eigenvalue weighted by Crippen LogP contribution is 2.37. The van der Waals surface area contributed by atoms with Gasteiger partial charge in [-0.15, -0.1) is 0 Å². The van der Waals surface area contributed by atoms with E-state index in [0.29, 0.717) is 0 Å². The number of piperazine rings is 1. The number of aromatic nitrogens is 3. The highest BCUT2D eigenvalue weighted by Gasteiger charge is 2.43. The van der Waals surface area contributed by atoms with Crippen LogP contribution in [-0.4, -0.2) is 51.5 Å². The molecule has 2 fully saturated rings. The molecule has 0 bridgehead atoms. The summed E-state index contributed by atoms with van der Waals surface area (Å²) < 4.78 is 2.15. The first kappa shape index (κ1) is 16.1. The lowest BCUT2D eigenvalue weighted by atomic mass is 9.80. The van der Waals surface area contributed by atoms with Crippen molar-refractivity contribution in [2.45, 2.75) is 37.6 Å². The maximum absolute atomic E-state index is 13.5. The maximum Gasteiger partial charge on any atom is 0.248 e. The predicted octanol–water partition coefficient (Wildman–Crippen LogP) is 2.29. The van der Waals surface area contributed by atoms with Crippen LogP contribution in [-0.2, 0) is 10.3 Å². The molecule has 0 unspecified atom stereocenters. The van der Waals surface area contributed by atoms with Crippen LogP contribution in [0.5, 0.6) is 0 Å². The van der Waals surface area contributed by atoms with Crippen molar-refractivity contribution in [2.75, 3.05) is 31.1 Å². The van der Waals surface area contributed by atoms with Crippen LogP contribution in [0.3, 0.4) is 0 Å². The molecule has 1 aliphatic carbocycles. The van der Waals surface area contributed by atoms with Gasteiger partial charge < -0.3 is 14.4 Å². The van der Waals surface area contributed by atoms with Gasteiger partial charge in [-0.25, -0.2) is 9.97 Å². The zero-order valence-corrected chi connectivity index (χ0v) is 14.5. The van der Waals surface area contributed by atoms with Gasteiger partial charge in [0, 0.05) is 51.0 Å². The summed E-state index contributed by atoms with van der Waals surface area (Å²) in [5, 5.41) is 0. The fourth-order valence-corrected chi connectivity index (χ4v) is 4.20. The molecule has 1 aliphatic heterocycles. The van der Waals surface area contributed by atoms with E-state index in [2.05, 4.69) is 31.8 Å². The summed E-state index contributed by atoms with van der Waals surface area (Å²) in [4.78, 5) is 26.3. The van der Waals surface area contributed by atoms with Gasteiger partial charge in [0.05, 0.1) is 0 Å². The smallest absolute Gasteiger partial charge is 0.248 e. The van der Waals surface area contributed by atoms with E-state index in [4.69, 9.17) is 0 Å². The van der Waals surface area contributed by atoms with Gasteiger partial charge in [0.2, 0.25) is 11.9 Å². The van der Waals surface area contributed by atoms with Gasteiger partial charge in [-0.2, -0.15) is 0 Å². The Bertz CT molecular complexity index is 686. The molecule has 2 aromatic rings. The van der Waals surface area contributed by atoms with E-state index in [1.165, 1.54) is 6.42 Å². The van der Waals surface area contributed by atoms with Crippen molar-refractivity contribution in [3.05, 3.63) is 43.0 Å². The minimum absolute atomic E-state index is 0.289. The number of amides is 1. The summed E-state index contributed by atoms with van der Waals surface area (Å²) in [6.07, 6.45) is 13.0. The van der Waals surface area contributed by atoms with Crippen LogP contribution >= 0.6 is 0 Å². The standard InChI is InChI=1S/C19H25N5O/c25-17(19(7-2-1-3-8-19)24-11-4-5-12-24)22-13-15-23(16-14-22)18-20-9-6-10-21-18/h4-6,9-12H,1-3,7-8,13-16H2. The van der Waals surface area contributed by atoms with E-state index in [9.17, 15) is 4.79 Å². The number of nitrogens with zero attached hydrogens (tertiary/aromatic N) is 5. The molecular formula is C19H25N5O. The number of carbonyl (C=O) groups excluding carboxylic acids is 1. The third-order valence-corrected chi connectivity index (χ3v) is 5.58. The van der Waals surface area contributed by atoms with Gasteiger partial charge in [-0.05, 0) is 31.0 Å². The van der Waals surface area contributed by atoms with E-state index in [1.54, 1.807) is 12.4 Å². The molecule has 2 aromatic heterocycles. The molecule has 0 N–H and O–H groups in total. The predicted molar refractivity (Wildman–Crippen MR) is 96.3 cm³/mol. The van der Waals surface area contributed by atoms with E-state index in [1.807, 2.05) is 23.1 Å². The minimum Gasteiger partial charge on any atom is -0.339 e. The van der Waals surface area contributed by atoms with Gasteiger partial charge in [0.1, 0.15) is 5.54 Å². The highest BCUT2D eigenvalue weighted by molar-refractivity contribution is 5.85. The third-order valence-electron chi connectivity index (χ3n) is 5.58. The lowest BCUT2D eigenvalue weighted by molar-refractivity contribution is -0.143. The van der Waals surface area contributed by atoms with E-state index in [-0.39, 0.29) is 11.4 Å². The molecule has 2 aliphatic rings. The molecule has 0 atom stereocenters. The summed E-state index contributed by atoms with van der Waals surface area (Å²) in [5.41, 5.74) is -0.382. The Morgan fingerprint density at radius 3 is 2.16 bits per heavy atom. The number of rotatable bonds is 3. The first-order valence-corrected chi connectivity index (χ1v) is 9.24. The second-order valence-corrected chi connectivity index (χ2v) is 7.01. The van der Waals surface area contributed by atoms with Crippen LogP contribution in [0.15, 0.2) is 43.0 Å². The average Bonchev–Trinajstić information content (AvgIpc) is 3.24. The third kappa shape index (κ3) is 3.01. The van der Waals surface area contributed by atoms with Crippen LogP contribution in [0.25, 0.3) is 0 Å². The Kier molecular flexibility index (Phi) is 4.42. The summed E-state index contributed by atoms with van der Waals surface area (Å²) >= 11 is 0. The SMILES string of the molecule is O=C(N1CCN(c2ncccn2)CC1)C1(n2cccc2)CCCCC1. The zero-order chi connectivity index (χ0) is 17.1. The highest BCUT2D eigenvalue weighted by atomic mass is 16.2. The topological polar surface area (TPSA) is 54.3 Å². The summed E-state index contributed by atoms with van der Waals surface area (Å²) in [7, 11) is 0. The number of carbonyl (C=O) groups is 1. The van der Waals surface area contributed by atoms with Gasteiger partial charge in [-0.1, -0.05) is 19.3 Å². The molecule has 3 heterocycles. The van der Waals surface area contributed by atoms with Crippen LogP contribution in [0.1, 0.15) is 32.1 Å². The molecule has 132 valence electrons. The molecule has 1 amide bonds. The van der Waals surface area contributed by atoms with Crippen LogP contribution < -0.4 is 4.90 Å². The van der Waals surface area contributed by atoms with Gasteiger partial charge in [0.25, 0.3) is 0 Å². The van der Waals surface area contributed by atoms with Crippen molar-refractivity contribution >= 4 is 11.9 Å². The first-order valence-electron chi connectivity index (χ1n) is 9.24. The fourth-order valence-electron chi connectivity index (χ4n) is 4.20. The molecule has 0 spiro atoms. The summed E-state index contributed by atoms with van der Waals surface area (Å²) in [6, 6.07) is 5.87. The van der Waals surface area contributed by atoms with Crippen molar-refractivity contribution in [3.8, 4) is 0 Å². The second kappa shape index (κ2) is 6.86. The lowest BCUT2D eigenvalue weighted by Gasteiger charge is -2.43. The van der Waals surface area contributed by atoms with E-state index in [0.717, 1.165) is 57.8 Å². The van der Waals surface area contributed by atoms with E-state index >= 15 is 0 Å². The molecule has 1 saturated carbocycles. The van der Waals surface area contributed by atoms with Gasteiger partial charge in [-0.3, -0.25) is 4.79 Å².